The van der Waals surface area contributed by atoms with Gasteiger partial charge in [-0.15, -0.1) is 0 Å². The molecule has 3 fully saturated rings. The van der Waals surface area contributed by atoms with Gasteiger partial charge in [0, 0.05) is 44.0 Å². The van der Waals surface area contributed by atoms with E-state index in [1.807, 2.05) is 16.7 Å². The fraction of sp³-hybridized carbons (Fsp3) is 0.621. The molecule has 206 valence electrons. The van der Waals surface area contributed by atoms with Gasteiger partial charge in [-0.05, 0) is 90.0 Å². The lowest BCUT2D eigenvalue weighted by atomic mass is 9.83. The zero-order chi connectivity index (χ0) is 27.2. The van der Waals surface area contributed by atoms with E-state index in [4.69, 9.17) is 4.98 Å². The third kappa shape index (κ3) is 5.64. The monoisotopic (exact) mass is 525 g/mol. The van der Waals surface area contributed by atoms with Crippen molar-refractivity contribution in [1.82, 2.24) is 14.9 Å². The number of nitrogens with zero attached hydrogens (tertiary/aromatic N) is 5. The number of piperazine rings is 1. The topological polar surface area (TPSA) is 93.0 Å². The van der Waals surface area contributed by atoms with Gasteiger partial charge in [0.05, 0.1) is 16.9 Å². The third-order valence-electron chi connectivity index (χ3n) is 8.34. The normalized spacial score (nSPS) is 26.4. The zero-order valence-corrected chi connectivity index (χ0v) is 22.9. The summed E-state index contributed by atoms with van der Waals surface area (Å²) in [6, 6.07) is 7.00. The van der Waals surface area contributed by atoms with Crippen molar-refractivity contribution in [2.24, 2.45) is 0 Å². The van der Waals surface area contributed by atoms with Crippen LogP contribution in [0.5, 0.6) is 0 Å². The minimum absolute atomic E-state index is 0.00238. The molecule has 1 aromatic heterocycles. The van der Waals surface area contributed by atoms with Crippen molar-refractivity contribution < 1.29 is 19.4 Å². The van der Waals surface area contributed by atoms with E-state index in [0.29, 0.717) is 55.4 Å². The van der Waals surface area contributed by atoms with Gasteiger partial charge in [-0.2, -0.15) is 0 Å². The number of halogens is 1. The Morgan fingerprint density at radius 3 is 2.42 bits per heavy atom. The Balaban J connectivity index is 1.29. The predicted molar refractivity (Wildman–Crippen MR) is 145 cm³/mol. The maximum Gasteiger partial charge on any atom is 0.273 e. The van der Waals surface area contributed by atoms with E-state index in [-0.39, 0.29) is 29.8 Å². The van der Waals surface area contributed by atoms with Crippen LogP contribution in [-0.4, -0.2) is 74.3 Å². The number of anilines is 2. The lowest BCUT2D eigenvalue weighted by molar-refractivity contribution is -0.00507. The fourth-order valence-corrected chi connectivity index (χ4v) is 5.84. The van der Waals surface area contributed by atoms with Crippen LogP contribution >= 0.6 is 0 Å². The standard InChI is InChI=1S/C29H40FN5O3/c1-19-18-33(25-8-5-20(17-23(25)30)28(2,3)37)15-16-34(19)27-31-14-11-24(32-27)26(36)35(21-6-7-21)22-9-12-29(4,38)13-10-22/h5,8,11,14,17,19,21-22,37-38H,6-7,9-10,12-13,15-16,18H2,1-4H3/t19-,22?,29?/m1/s1. The number of aromatic nitrogens is 2. The van der Waals surface area contributed by atoms with Crippen LogP contribution in [0.1, 0.15) is 82.3 Å². The highest BCUT2D eigenvalue weighted by atomic mass is 19.1. The smallest absolute Gasteiger partial charge is 0.273 e. The van der Waals surface area contributed by atoms with Crippen molar-refractivity contribution >= 4 is 17.5 Å². The largest absolute Gasteiger partial charge is 0.390 e. The highest BCUT2D eigenvalue weighted by Gasteiger charge is 2.41. The van der Waals surface area contributed by atoms with Crippen molar-refractivity contribution in [1.29, 1.82) is 0 Å². The minimum atomic E-state index is -1.10. The van der Waals surface area contributed by atoms with Crippen molar-refractivity contribution in [3.05, 3.63) is 47.5 Å². The average Bonchev–Trinajstić information content (AvgIpc) is 3.70. The summed E-state index contributed by atoms with van der Waals surface area (Å²) in [5.74, 6) is 0.115. The number of benzene rings is 1. The summed E-state index contributed by atoms with van der Waals surface area (Å²) < 4.78 is 14.9. The van der Waals surface area contributed by atoms with Crippen LogP contribution in [-0.2, 0) is 5.60 Å². The molecule has 0 radical (unpaired) electrons. The molecule has 1 amide bonds. The Hall–Kier alpha value is -2.78. The molecule has 2 aromatic rings. The number of amides is 1. The van der Waals surface area contributed by atoms with E-state index in [9.17, 15) is 19.4 Å². The van der Waals surface area contributed by atoms with Gasteiger partial charge >= 0.3 is 0 Å². The predicted octanol–water partition coefficient (Wildman–Crippen LogP) is 3.86. The van der Waals surface area contributed by atoms with Gasteiger partial charge in [-0.1, -0.05) is 6.07 Å². The zero-order valence-electron chi connectivity index (χ0n) is 22.9. The molecule has 1 atom stereocenters. The van der Waals surface area contributed by atoms with Gasteiger partial charge in [-0.3, -0.25) is 4.79 Å². The summed E-state index contributed by atoms with van der Waals surface area (Å²) >= 11 is 0. The molecule has 38 heavy (non-hydrogen) atoms. The van der Waals surface area contributed by atoms with Gasteiger partial charge in [-0.25, -0.2) is 14.4 Å². The highest BCUT2D eigenvalue weighted by molar-refractivity contribution is 5.93. The second-order valence-electron chi connectivity index (χ2n) is 12.1. The molecular weight excluding hydrogens is 485 g/mol. The van der Waals surface area contributed by atoms with Crippen molar-refractivity contribution in [2.75, 3.05) is 29.4 Å². The summed E-state index contributed by atoms with van der Waals surface area (Å²) in [4.78, 5) is 29.0. The molecule has 5 rings (SSSR count). The molecule has 2 saturated carbocycles. The van der Waals surface area contributed by atoms with Gasteiger partial charge in [0.25, 0.3) is 5.91 Å². The van der Waals surface area contributed by atoms with Crippen LogP contribution in [0.3, 0.4) is 0 Å². The SMILES string of the molecule is C[C@@H]1CN(c2ccc(C(C)(C)O)cc2F)CCN1c1nccc(C(=O)N(C2CC2)C2CCC(C)(O)CC2)n1. The number of hydrogen-bond acceptors (Lipinski definition) is 7. The number of rotatable bonds is 6. The number of carbonyl (C=O) groups is 1. The molecule has 2 aliphatic carbocycles. The summed E-state index contributed by atoms with van der Waals surface area (Å²) in [6.45, 7) is 8.98. The van der Waals surface area contributed by atoms with E-state index < -0.39 is 11.2 Å². The molecule has 9 heteroatoms. The van der Waals surface area contributed by atoms with Gasteiger partial charge in [0.1, 0.15) is 11.5 Å². The maximum absolute atomic E-state index is 14.9. The van der Waals surface area contributed by atoms with Crippen LogP contribution in [0.2, 0.25) is 0 Å². The summed E-state index contributed by atoms with van der Waals surface area (Å²) in [5, 5.41) is 20.6. The molecule has 2 N–H and O–H groups in total. The van der Waals surface area contributed by atoms with E-state index in [0.717, 1.165) is 25.7 Å². The number of hydrogen-bond donors (Lipinski definition) is 2. The molecule has 0 spiro atoms. The van der Waals surface area contributed by atoms with E-state index in [1.54, 1.807) is 38.2 Å². The van der Waals surface area contributed by atoms with Crippen LogP contribution in [0.15, 0.2) is 30.5 Å². The second-order valence-corrected chi connectivity index (χ2v) is 12.1. The van der Waals surface area contributed by atoms with Gasteiger partial charge in [0.15, 0.2) is 0 Å². The number of carbonyl (C=O) groups excluding carboxylic acids is 1. The van der Waals surface area contributed by atoms with E-state index in [1.165, 1.54) is 6.07 Å². The Bertz CT molecular complexity index is 1170. The Morgan fingerprint density at radius 2 is 1.82 bits per heavy atom. The third-order valence-corrected chi connectivity index (χ3v) is 8.34. The van der Waals surface area contributed by atoms with Gasteiger partial charge in [0.2, 0.25) is 5.95 Å². The fourth-order valence-electron chi connectivity index (χ4n) is 5.84. The quantitative estimate of drug-likeness (QED) is 0.592. The lowest BCUT2D eigenvalue weighted by Crippen LogP contribution is -2.53. The first-order valence-electron chi connectivity index (χ1n) is 13.8. The molecule has 2 heterocycles. The first-order valence-corrected chi connectivity index (χ1v) is 13.8. The lowest BCUT2D eigenvalue weighted by Gasteiger charge is -2.41. The van der Waals surface area contributed by atoms with E-state index >= 15 is 0 Å². The highest BCUT2D eigenvalue weighted by Crippen LogP contribution is 2.37. The van der Waals surface area contributed by atoms with Crippen LogP contribution < -0.4 is 9.80 Å². The molecule has 1 aromatic carbocycles. The first kappa shape index (κ1) is 26.8. The summed E-state index contributed by atoms with van der Waals surface area (Å²) in [6.07, 6.45) is 6.70. The van der Waals surface area contributed by atoms with Crippen LogP contribution in [0.25, 0.3) is 0 Å². The Labute approximate surface area is 224 Å². The van der Waals surface area contributed by atoms with Crippen molar-refractivity contribution in [3.8, 4) is 0 Å². The maximum atomic E-state index is 14.9. The van der Waals surface area contributed by atoms with Crippen LogP contribution in [0.4, 0.5) is 16.0 Å². The Morgan fingerprint density at radius 1 is 1.13 bits per heavy atom. The molecule has 0 unspecified atom stereocenters. The first-order chi connectivity index (χ1) is 17.9. The molecule has 3 aliphatic rings. The number of aliphatic hydroxyl groups is 2. The second kappa shape index (κ2) is 10.1. The summed E-state index contributed by atoms with van der Waals surface area (Å²) in [5.41, 5.74) is -0.284. The van der Waals surface area contributed by atoms with Crippen LogP contribution in [0, 0.1) is 5.82 Å². The van der Waals surface area contributed by atoms with Crippen molar-refractivity contribution in [2.45, 2.75) is 95.5 Å². The molecule has 0 bridgehead atoms. The Kier molecular flexibility index (Phi) is 7.11. The molecular formula is C29H40FN5O3. The van der Waals surface area contributed by atoms with Gasteiger partial charge < -0.3 is 24.9 Å². The van der Waals surface area contributed by atoms with E-state index in [2.05, 4.69) is 16.8 Å². The molecule has 1 saturated heterocycles. The summed E-state index contributed by atoms with van der Waals surface area (Å²) in [7, 11) is 0. The molecule has 8 nitrogen and oxygen atoms in total. The van der Waals surface area contributed by atoms with Crippen molar-refractivity contribution in [3.63, 3.8) is 0 Å². The molecule has 1 aliphatic heterocycles. The average molecular weight is 526 g/mol. The minimum Gasteiger partial charge on any atom is -0.390 e.